The zero-order valence-electron chi connectivity index (χ0n) is 21.8. The minimum Gasteiger partial charge on any atom is -0.497 e. The average molecular weight is 537 g/mol. The molecule has 3 aromatic rings. The number of nitrogens with zero attached hydrogens (tertiary/aromatic N) is 7. The highest BCUT2D eigenvalue weighted by molar-refractivity contribution is 6.32. The third-order valence-corrected chi connectivity index (χ3v) is 5.87. The molecule has 13 nitrogen and oxygen atoms in total. The number of aliphatic imine (C=N–C) groups is 6. The number of rotatable bonds is 6. The van der Waals surface area contributed by atoms with Crippen molar-refractivity contribution in [3.05, 3.63) is 72.8 Å². The number of anilines is 3. The summed E-state index contributed by atoms with van der Waals surface area (Å²) in [5.74, 6) is 4.03. The number of guanidine groups is 6. The van der Waals surface area contributed by atoms with Gasteiger partial charge in [0.2, 0.25) is 35.8 Å². The summed E-state index contributed by atoms with van der Waals surface area (Å²) in [6.45, 7) is 0. The van der Waals surface area contributed by atoms with Crippen molar-refractivity contribution >= 4 is 52.8 Å². The second-order valence-corrected chi connectivity index (χ2v) is 8.44. The lowest BCUT2D eigenvalue weighted by Gasteiger charge is -2.30. The van der Waals surface area contributed by atoms with E-state index in [2.05, 4.69) is 45.9 Å². The van der Waals surface area contributed by atoms with Crippen LogP contribution in [0.5, 0.6) is 17.2 Å². The fourth-order valence-corrected chi connectivity index (χ4v) is 3.86. The molecule has 3 aliphatic rings. The maximum atomic E-state index is 5.25. The molecule has 3 N–H and O–H groups in total. The van der Waals surface area contributed by atoms with Gasteiger partial charge in [0.05, 0.1) is 21.3 Å². The highest BCUT2D eigenvalue weighted by Gasteiger charge is 2.35. The van der Waals surface area contributed by atoms with Crippen LogP contribution in [0.3, 0.4) is 0 Å². The summed E-state index contributed by atoms with van der Waals surface area (Å²) in [6, 6.07) is 22.2. The first kappa shape index (κ1) is 24.6. The Balaban J connectivity index is 1.34. The number of benzene rings is 3. The van der Waals surface area contributed by atoms with Gasteiger partial charge >= 0.3 is 0 Å². The quantitative estimate of drug-likeness (QED) is 0.435. The molecule has 0 unspecified atom stereocenters. The number of methoxy groups -OCH3 is 3. The van der Waals surface area contributed by atoms with Crippen LogP contribution in [0.2, 0.25) is 0 Å². The Morgan fingerprint density at radius 3 is 0.950 bits per heavy atom. The number of hydrogen-bond acceptors (Lipinski definition) is 13. The molecular weight excluding hydrogens is 512 g/mol. The highest BCUT2D eigenvalue weighted by Crippen LogP contribution is 2.22. The Labute approximate surface area is 229 Å². The summed E-state index contributed by atoms with van der Waals surface area (Å²) in [6.07, 6.45) is 0. The molecule has 0 aromatic heterocycles. The van der Waals surface area contributed by atoms with Crippen LogP contribution >= 0.6 is 0 Å². The summed E-state index contributed by atoms with van der Waals surface area (Å²) in [5, 5.41) is 9.61. The van der Waals surface area contributed by atoms with Gasteiger partial charge in [0, 0.05) is 17.1 Å². The lowest BCUT2D eigenvalue weighted by atomic mass is 10.3. The fourth-order valence-electron chi connectivity index (χ4n) is 3.86. The zero-order chi connectivity index (χ0) is 27.5. The molecule has 3 heterocycles. The summed E-state index contributed by atoms with van der Waals surface area (Å²) >= 11 is 0. The molecule has 0 saturated heterocycles. The third-order valence-electron chi connectivity index (χ3n) is 5.87. The lowest BCUT2D eigenvalue weighted by Crippen LogP contribution is -2.49. The van der Waals surface area contributed by atoms with Crippen LogP contribution in [0.1, 0.15) is 0 Å². The maximum Gasteiger partial charge on any atom is 0.246 e. The minimum atomic E-state index is 0.301. The maximum absolute atomic E-state index is 5.25. The topological polar surface area (TPSA) is 141 Å². The van der Waals surface area contributed by atoms with E-state index in [4.69, 9.17) is 14.2 Å². The second kappa shape index (κ2) is 10.6. The van der Waals surface area contributed by atoms with Gasteiger partial charge in [0.15, 0.2) is 0 Å². The van der Waals surface area contributed by atoms with Crippen molar-refractivity contribution in [3.63, 3.8) is 0 Å². The smallest absolute Gasteiger partial charge is 0.246 e. The standard InChI is InChI=1S/C27H24N10O3/c1-38-19-10-4-16(5-11-19)28-22-31-25-33-23(29-17-6-12-20(39-2)13-7-17)35-27-36-24(34-26(32-22)37(25)27)30-18-8-14-21(40-3)15-9-18/h4-15H,1-3H3,(H3,28,29,30,31,32,33,34,35,36). The normalized spacial score (nSPS) is 15.2. The van der Waals surface area contributed by atoms with Crippen molar-refractivity contribution in [2.45, 2.75) is 0 Å². The van der Waals surface area contributed by atoms with Crippen LogP contribution in [0, 0.1) is 0 Å². The van der Waals surface area contributed by atoms with Gasteiger partial charge in [-0.05, 0) is 72.8 Å². The Morgan fingerprint density at radius 2 is 0.700 bits per heavy atom. The van der Waals surface area contributed by atoms with Crippen molar-refractivity contribution in [2.75, 3.05) is 37.3 Å². The number of ether oxygens (including phenoxy) is 3. The van der Waals surface area contributed by atoms with E-state index in [-0.39, 0.29) is 0 Å². The Kier molecular flexibility index (Phi) is 6.50. The Morgan fingerprint density at radius 1 is 0.425 bits per heavy atom. The first-order chi connectivity index (χ1) is 19.6. The van der Waals surface area contributed by atoms with E-state index in [1.807, 2.05) is 72.8 Å². The van der Waals surface area contributed by atoms with Crippen LogP contribution in [-0.2, 0) is 0 Å². The van der Waals surface area contributed by atoms with Crippen molar-refractivity contribution in [2.24, 2.45) is 30.0 Å². The van der Waals surface area contributed by atoms with Crippen LogP contribution in [0.15, 0.2) is 103 Å². The molecule has 0 spiro atoms. The molecule has 0 aliphatic carbocycles. The average Bonchev–Trinajstić information content (AvgIpc) is 2.98. The molecule has 13 heteroatoms. The number of nitrogens with one attached hydrogen (secondary N) is 3. The van der Waals surface area contributed by atoms with E-state index in [1.165, 1.54) is 0 Å². The molecule has 0 atom stereocenters. The largest absolute Gasteiger partial charge is 0.497 e. The molecule has 3 aliphatic heterocycles. The van der Waals surface area contributed by atoms with E-state index in [9.17, 15) is 0 Å². The molecule has 0 amide bonds. The van der Waals surface area contributed by atoms with Crippen LogP contribution < -0.4 is 30.2 Å². The summed E-state index contributed by atoms with van der Waals surface area (Å²) in [4.78, 5) is 29.2. The fraction of sp³-hybridized carbons (Fsp3) is 0.111. The molecule has 0 fully saturated rings. The van der Waals surface area contributed by atoms with Crippen LogP contribution in [-0.4, -0.2) is 62.0 Å². The monoisotopic (exact) mass is 536 g/mol. The Bertz CT molecular complexity index is 1410. The van der Waals surface area contributed by atoms with Crippen LogP contribution in [0.25, 0.3) is 0 Å². The highest BCUT2D eigenvalue weighted by atomic mass is 16.5. The minimum absolute atomic E-state index is 0.301. The Hall–Kier alpha value is -5.72. The van der Waals surface area contributed by atoms with Gasteiger partial charge in [-0.2, -0.15) is 30.0 Å². The summed E-state index contributed by atoms with van der Waals surface area (Å²) < 4.78 is 15.7. The van der Waals surface area contributed by atoms with Gasteiger partial charge < -0.3 is 30.2 Å². The van der Waals surface area contributed by atoms with Gasteiger partial charge in [-0.25, -0.2) is 4.90 Å². The van der Waals surface area contributed by atoms with Crippen LogP contribution in [0.4, 0.5) is 17.1 Å². The first-order valence-electron chi connectivity index (χ1n) is 12.2. The predicted molar refractivity (Wildman–Crippen MR) is 156 cm³/mol. The van der Waals surface area contributed by atoms with Gasteiger partial charge in [-0.1, -0.05) is 0 Å². The van der Waals surface area contributed by atoms with Crippen molar-refractivity contribution in [1.29, 1.82) is 0 Å². The molecule has 0 bridgehead atoms. The lowest BCUT2D eigenvalue weighted by molar-refractivity contribution is 0.415. The van der Waals surface area contributed by atoms with Gasteiger partial charge in [0.25, 0.3) is 0 Å². The van der Waals surface area contributed by atoms with Gasteiger partial charge in [0.1, 0.15) is 17.2 Å². The first-order valence-corrected chi connectivity index (χ1v) is 12.2. The van der Waals surface area contributed by atoms with E-state index in [0.29, 0.717) is 35.8 Å². The zero-order valence-corrected chi connectivity index (χ0v) is 21.8. The SMILES string of the molecule is COc1ccc(NC2=NC3=NC(Nc4ccc(OC)cc4)=NC4=NC(Nc5ccc(OC)cc5)=NC(=N2)N34)cc1. The molecule has 40 heavy (non-hydrogen) atoms. The van der Waals surface area contributed by atoms with E-state index in [1.54, 1.807) is 26.2 Å². The molecule has 0 saturated carbocycles. The number of hydrogen-bond donors (Lipinski definition) is 3. The molecule has 6 rings (SSSR count). The van der Waals surface area contributed by atoms with Gasteiger partial charge in [-0.15, -0.1) is 0 Å². The molecule has 0 radical (unpaired) electrons. The summed E-state index contributed by atoms with van der Waals surface area (Å²) in [5.41, 5.74) is 2.30. The second-order valence-electron chi connectivity index (χ2n) is 8.44. The molecule has 200 valence electrons. The molecule has 3 aromatic carbocycles. The molecular formula is C27H24N10O3. The van der Waals surface area contributed by atoms with E-state index >= 15 is 0 Å². The van der Waals surface area contributed by atoms with E-state index in [0.717, 1.165) is 34.3 Å². The predicted octanol–water partition coefficient (Wildman–Crippen LogP) is 3.83. The van der Waals surface area contributed by atoms with Crippen molar-refractivity contribution in [3.8, 4) is 17.2 Å². The van der Waals surface area contributed by atoms with Crippen molar-refractivity contribution in [1.82, 2.24) is 4.90 Å². The summed E-state index contributed by atoms with van der Waals surface area (Å²) in [7, 11) is 4.85. The van der Waals surface area contributed by atoms with Gasteiger partial charge in [-0.3, -0.25) is 0 Å². The van der Waals surface area contributed by atoms with Crippen molar-refractivity contribution < 1.29 is 14.2 Å². The van der Waals surface area contributed by atoms with E-state index < -0.39 is 0 Å². The third kappa shape index (κ3) is 5.15.